The Morgan fingerprint density at radius 1 is 1.39 bits per heavy atom. The maximum Gasteiger partial charge on any atom is 0.136 e. The van der Waals surface area contributed by atoms with E-state index in [4.69, 9.17) is 4.74 Å². The van der Waals surface area contributed by atoms with Crippen LogP contribution < -0.4 is 4.74 Å². The van der Waals surface area contributed by atoms with E-state index in [1.807, 2.05) is 18.2 Å². The number of carbonyl (C=O) groups is 1. The van der Waals surface area contributed by atoms with E-state index >= 15 is 0 Å². The van der Waals surface area contributed by atoms with Gasteiger partial charge in [0.05, 0.1) is 6.61 Å². The molecule has 2 atom stereocenters. The Morgan fingerprint density at radius 2 is 2.26 bits per heavy atom. The summed E-state index contributed by atoms with van der Waals surface area (Å²) in [6.45, 7) is 2.67. The van der Waals surface area contributed by atoms with Crippen molar-refractivity contribution in [2.75, 3.05) is 6.61 Å². The van der Waals surface area contributed by atoms with E-state index < -0.39 is 5.60 Å². The van der Waals surface area contributed by atoms with Gasteiger partial charge in [-0.05, 0) is 37.3 Å². The lowest BCUT2D eigenvalue weighted by Crippen LogP contribution is -2.42. The van der Waals surface area contributed by atoms with Gasteiger partial charge in [-0.2, -0.15) is 0 Å². The van der Waals surface area contributed by atoms with Crippen LogP contribution in [-0.4, -0.2) is 17.5 Å². The molecule has 2 aliphatic rings. The Balaban J connectivity index is 1.85. The lowest BCUT2D eigenvalue weighted by atomic mass is 9.76. The first-order chi connectivity index (χ1) is 11.1. The Labute approximate surface area is 138 Å². The molecule has 3 heteroatoms. The number of rotatable bonds is 4. The van der Waals surface area contributed by atoms with Gasteiger partial charge in [0, 0.05) is 24.3 Å². The molecule has 0 aromatic heterocycles. The summed E-state index contributed by atoms with van der Waals surface area (Å²) < 4.78 is 5.92. The summed E-state index contributed by atoms with van der Waals surface area (Å²) in [5.74, 6) is 0.936. The van der Waals surface area contributed by atoms with E-state index in [-0.39, 0.29) is 18.1 Å². The zero-order valence-electron chi connectivity index (χ0n) is 13.9. The first kappa shape index (κ1) is 16.3. The van der Waals surface area contributed by atoms with Crippen molar-refractivity contribution in [2.45, 2.75) is 57.5 Å². The molecule has 1 aliphatic carbocycles. The van der Waals surface area contributed by atoms with Crippen molar-refractivity contribution in [1.29, 1.82) is 0 Å². The van der Waals surface area contributed by atoms with E-state index in [9.17, 15) is 9.90 Å². The molecule has 3 nitrogen and oxygen atoms in total. The highest BCUT2D eigenvalue weighted by molar-refractivity contribution is 5.80. The monoisotopic (exact) mass is 314 g/mol. The zero-order valence-corrected chi connectivity index (χ0v) is 13.9. The number of carbonyl (C=O) groups excluding carboxylic acids is 1. The molecule has 0 saturated heterocycles. The number of hydrogen-bond acceptors (Lipinski definition) is 3. The van der Waals surface area contributed by atoms with Gasteiger partial charge >= 0.3 is 0 Å². The molecule has 1 N–H and O–H groups in total. The molecule has 2 unspecified atom stereocenters. The van der Waals surface area contributed by atoms with E-state index in [1.54, 1.807) is 0 Å². The number of fused-ring (bicyclic) bond motifs is 3. The van der Waals surface area contributed by atoms with E-state index in [2.05, 4.69) is 19.1 Å². The van der Waals surface area contributed by atoms with Crippen LogP contribution in [0.3, 0.4) is 0 Å². The van der Waals surface area contributed by atoms with Crippen LogP contribution in [0.5, 0.6) is 5.75 Å². The predicted octanol–water partition coefficient (Wildman–Crippen LogP) is 3.92. The van der Waals surface area contributed by atoms with E-state index in [0.29, 0.717) is 13.0 Å². The van der Waals surface area contributed by atoms with Crippen molar-refractivity contribution in [1.82, 2.24) is 0 Å². The lowest BCUT2D eigenvalue weighted by Gasteiger charge is -2.40. The second-order valence-corrected chi connectivity index (χ2v) is 6.83. The Bertz CT molecular complexity index is 605. The van der Waals surface area contributed by atoms with Crippen LogP contribution in [0.2, 0.25) is 0 Å². The van der Waals surface area contributed by atoms with Crippen LogP contribution in [0.15, 0.2) is 30.4 Å². The van der Waals surface area contributed by atoms with Gasteiger partial charge in [-0.25, -0.2) is 0 Å². The third-order valence-corrected chi connectivity index (χ3v) is 5.08. The fourth-order valence-corrected chi connectivity index (χ4v) is 3.72. The molecule has 1 aliphatic heterocycles. The fraction of sp³-hybridized carbons (Fsp3) is 0.550. The summed E-state index contributed by atoms with van der Waals surface area (Å²) in [6, 6.07) is 6.03. The molecule has 1 aromatic carbocycles. The SMILES string of the molecule is CCCC=CCc1ccc2c(c1)OCC1CCCC(=O)CC21O. The van der Waals surface area contributed by atoms with Crippen LogP contribution in [0.1, 0.15) is 56.6 Å². The number of ether oxygens (including phenoxy) is 1. The van der Waals surface area contributed by atoms with Crippen molar-refractivity contribution < 1.29 is 14.6 Å². The third-order valence-electron chi connectivity index (χ3n) is 5.08. The number of unbranched alkanes of at least 4 members (excludes halogenated alkanes) is 1. The van der Waals surface area contributed by atoms with E-state index in [0.717, 1.165) is 43.4 Å². The topological polar surface area (TPSA) is 46.5 Å². The summed E-state index contributed by atoms with van der Waals surface area (Å²) in [5.41, 5.74) is 0.931. The average molecular weight is 314 g/mol. The number of benzene rings is 1. The van der Waals surface area contributed by atoms with Gasteiger partial charge in [-0.1, -0.05) is 37.6 Å². The van der Waals surface area contributed by atoms with Crippen LogP contribution in [-0.2, 0) is 16.8 Å². The van der Waals surface area contributed by atoms with Gasteiger partial charge in [0.25, 0.3) is 0 Å². The number of Topliss-reactive ketones (excluding diaryl/α,β-unsaturated/α-hetero) is 1. The Hall–Kier alpha value is -1.61. The number of ketones is 1. The highest BCUT2D eigenvalue weighted by atomic mass is 16.5. The molecule has 1 fully saturated rings. The summed E-state index contributed by atoms with van der Waals surface area (Å²) >= 11 is 0. The van der Waals surface area contributed by atoms with E-state index in [1.165, 1.54) is 5.56 Å². The average Bonchev–Trinajstić information content (AvgIpc) is 2.68. The Kier molecular flexibility index (Phi) is 4.86. The van der Waals surface area contributed by atoms with Gasteiger partial charge in [-0.15, -0.1) is 0 Å². The third kappa shape index (κ3) is 3.35. The molecular formula is C20H26O3. The van der Waals surface area contributed by atoms with Gasteiger partial charge in [0.15, 0.2) is 0 Å². The van der Waals surface area contributed by atoms with Gasteiger partial charge in [0.2, 0.25) is 0 Å². The molecular weight excluding hydrogens is 288 g/mol. The molecule has 1 saturated carbocycles. The van der Waals surface area contributed by atoms with Crippen LogP contribution >= 0.6 is 0 Å². The molecule has 1 heterocycles. The van der Waals surface area contributed by atoms with Crippen molar-refractivity contribution in [3.8, 4) is 5.75 Å². The fourth-order valence-electron chi connectivity index (χ4n) is 3.72. The highest BCUT2D eigenvalue weighted by Crippen LogP contribution is 2.46. The quantitative estimate of drug-likeness (QED) is 0.857. The summed E-state index contributed by atoms with van der Waals surface area (Å²) in [4.78, 5) is 12.0. The van der Waals surface area contributed by atoms with Crippen molar-refractivity contribution >= 4 is 5.78 Å². The van der Waals surface area contributed by atoms with Crippen LogP contribution in [0, 0.1) is 5.92 Å². The van der Waals surface area contributed by atoms with Crippen molar-refractivity contribution in [3.63, 3.8) is 0 Å². The zero-order chi connectivity index (χ0) is 16.3. The lowest BCUT2D eigenvalue weighted by molar-refractivity contribution is -0.127. The first-order valence-electron chi connectivity index (χ1n) is 8.78. The molecule has 0 amide bonds. The van der Waals surface area contributed by atoms with Crippen molar-refractivity contribution in [3.05, 3.63) is 41.5 Å². The minimum Gasteiger partial charge on any atom is -0.493 e. The molecule has 124 valence electrons. The van der Waals surface area contributed by atoms with Crippen LogP contribution in [0.4, 0.5) is 0 Å². The maximum atomic E-state index is 12.0. The molecule has 23 heavy (non-hydrogen) atoms. The number of allylic oxidation sites excluding steroid dienone is 2. The van der Waals surface area contributed by atoms with Crippen molar-refractivity contribution in [2.24, 2.45) is 5.92 Å². The second kappa shape index (κ2) is 6.88. The minimum atomic E-state index is -1.04. The second-order valence-electron chi connectivity index (χ2n) is 6.83. The van der Waals surface area contributed by atoms with Crippen LogP contribution in [0.25, 0.3) is 0 Å². The molecule has 0 radical (unpaired) electrons. The summed E-state index contributed by atoms with van der Waals surface area (Å²) in [6.07, 6.45) is 10.0. The predicted molar refractivity (Wildman–Crippen MR) is 90.6 cm³/mol. The molecule has 1 aromatic rings. The van der Waals surface area contributed by atoms with Gasteiger partial charge < -0.3 is 9.84 Å². The summed E-state index contributed by atoms with van der Waals surface area (Å²) in [5, 5.41) is 11.2. The maximum absolute atomic E-state index is 12.0. The largest absolute Gasteiger partial charge is 0.493 e. The normalized spacial score (nSPS) is 27.2. The standard InChI is InChI=1S/C20H26O3/c1-2-3-4-5-7-15-10-11-18-19(12-15)23-14-16-8-6-9-17(21)13-20(16,18)22/h4-5,10-12,16,22H,2-3,6-9,13-14H2,1H3. The molecule has 0 bridgehead atoms. The number of aliphatic hydroxyl groups is 1. The Morgan fingerprint density at radius 3 is 3.09 bits per heavy atom. The minimum absolute atomic E-state index is 0.0248. The first-order valence-corrected chi connectivity index (χ1v) is 8.78. The highest BCUT2D eigenvalue weighted by Gasteiger charge is 2.46. The molecule has 3 rings (SSSR count). The van der Waals surface area contributed by atoms with Gasteiger partial charge in [0.1, 0.15) is 17.1 Å². The number of hydrogen-bond donors (Lipinski definition) is 1. The van der Waals surface area contributed by atoms with Gasteiger partial charge in [-0.3, -0.25) is 4.79 Å². The molecule has 0 spiro atoms. The summed E-state index contributed by atoms with van der Waals surface area (Å²) in [7, 11) is 0. The smallest absolute Gasteiger partial charge is 0.136 e.